The number of rotatable bonds is 9. The number of hydrogen-bond donors (Lipinski definition) is 2. The van der Waals surface area contributed by atoms with Crippen molar-refractivity contribution in [2.24, 2.45) is 0 Å². The fourth-order valence-corrected chi connectivity index (χ4v) is 2.14. The van der Waals surface area contributed by atoms with Gasteiger partial charge in [0.2, 0.25) is 5.91 Å². The van der Waals surface area contributed by atoms with Gasteiger partial charge in [-0.15, -0.1) is 0 Å². The number of nitrogens with one attached hydrogen (secondary N) is 2. The maximum absolute atomic E-state index is 11.4. The molecule has 2 N–H and O–H groups in total. The average Bonchev–Trinajstić information content (AvgIpc) is 2.63. The van der Waals surface area contributed by atoms with Gasteiger partial charge in [0.1, 0.15) is 6.10 Å². The molecule has 0 fully saturated rings. The van der Waals surface area contributed by atoms with Crippen LogP contribution in [0, 0.1) is 10.1 Å². The summed E-state index contributed by atoms with van der Waals surface area (Å²) in [7, 11) is 4.32. The van der Waals surface area contributed by atoms with Crippen molar-refractivity contribution in [1.82, 2.24) is 10.6 Å². The molecule has 0 spiro atoms. The van der Waals surface area contributed by atoms with Gasteiger partial charge in [-0.2, -0.15) is 0 Å². The number of ether oxygens (including phenoxy) is 3. The summed E-state index contributed by atoms with van der Waals surface area (Å²) in [4.78, 5) is 33.4. The van der Waals surface area contributed by atoms with E-state index in [9.17, 15) is 19.7 Å². The second kappa shape index (κ2) is 10.1. The van der Waals surface area contributed by atoms with Crippen molar-refractivity contribution < 1.29 is 28.7 Å². The molecule has 1 aromatic rings. The quantitative estimate of drug-likeness (QED) is 0.386. The molecule has 0 saturated carbocycles. The predicted molar refractivity (Wildman–Crippen MR) is 92.4 cm³/mol. The van der Waals surface area contributed by atoms with Crippen molar-refractivity contribution in [3.63, 3.8) is 0 Å². The molecule has 1 rings (SSSR count). The van der Waals surface area contributed by atoms with Gasteiger partial charge in [0, 0.05) is 20.5 Å². The second-order valence-corrected chi connectivity index (χ2v) is 5.24. The fourth-order valence-electron chi connectivity index (χ4n) is 2.14. The number of hydrogen-bond acceptors (Lipinski definition) is 7. The highest BCUT2D eigenvalue weighted by Gasteiger charge is 2.25. The zero-order valence-corrected chi connectivity index (χ0v) is 15.2. The van der Waals surface area contributed by atoms with Crippen molar-refractivity contribution in [3.05, 3.63) is 27.8 Å². The third kappa shape index (κ3) is 5.80. The molecule has 1 atom stereocenters. The minimum absolute atomic E-state index is 0.123. The van der Waals surface area contributed by atoms with Crippen LogP contribution in [0.4, 0.5) is 10.5 Å². The summed E-state index contributed by atoms with van der Waals surface area (Å²) in [6.45, 7) is 1.70. The topological polar surface area (TPSA) is 129 Å². The third-order valence-corrected chi connectivity index (χ3v) is 3.52. The second-order valence-electron chi connectivity index (χ2n) is 5.24. The third-order valence-electron chi connectivity index (χ3n) is 3.52. The summed E-state index contributed by atoms with van der Waals surface area (Å²) < 4.78 is 15.8. The molecule has 0 aliphatic carbocycles. The Morgan fingerprint density at radius 3 is 2.46 bits per heavy atom. The van der Waals surface area contributed by atoms with Crippen molar-refractivity contribution in [2.45, 2.75) is 25.9 Å². The van der Waals surface area contributed by atoms with E-state index in [1.807, 2.05) is 0 Å². The molecule has 0 aliphatic rings. The van der Waals surface area contributed by atoms with Crippen LogP contribution in [-0.4, -0.2) is 44.7 Å². The Morgan fingerprint density at radius 1 is 1.23 bits per heavy atom. The van der Waals surface area contributed by atoms with Crippen molar-refractivity contribution in [3.8, 4) is 11.5 Å². The molecule has 10 nitrogen and oxygen atoms in total. The van der Waals surface area contributed by atoms with Crippen LogP contribution >= 0.6 is 0 Å². The zero-order chi connectivity index (χ0) is 19.7. The van der Waals surface area contributed by atoms with E-state index in [0.29, 0.717) is 6.42 Å². The van der Waals surface area contributed by atoms with E-state index in [-0.39, 0.29) is 41.7 Å². The van der Waals surface area contributed by atoms with Crippen molar-refractivity contribution in [2.75, 3.05) is 27.8 Å². The largest absolute Gasteiger partial charge is 0.493 e. The molecule has 144 valence electrons. The number of nitro groups is 1. The van der Waals surface area contributed by atoms with Gasteiger partial charge in [-0.25, -0.2) is 4.79 Å². The minimum Gasteiger partial charge on any atom is -0.493 e. The van der Waals surface area contributed by atoms with Crippen LogP contribution in [-0.2, 0) is 9.53 Å². The molecular weight excluding hydrogens is 346 g/mol. The van der Waals surface area contributed by atoms with Crippen LogP contribution in [0.25, 0.3) is 0 Å². The highest BCUT2D eigenvalue weighted by Crippen LogP contribution is 2.38. The Balaban J connectivity index is 3.02. The first-order valence-corrected chi connectivity index (χ1v) is 7.92. The van der Waals surface area contributed by atoms with Gasteiger partial charge in [0.05, 0.1) is 30.3 Å². The van der Waals surface area contributed by atoms with E-state index >= 15 is 0 Å². The van der Waals surface area contributed by atoms with E-state index in [1.54, 1.807) is 0 Å². The molecule has 0 saturated heterocycles. The summed E-state index contributed by atoms with van der Waals surface area (Å²) in [6.07, 6.45) is -0.864. The lowest BCUT2D eigenvalue weighted by Crippen LogP contribution is -2.21. The summed E-state index contributed by atoms with van der Waals surface area (Å²) in [5.74, 6) is 0.312. The first kappa shape index (κ1) is 21.0. The molecule has 10 heteroatoms. The summed E-state index contributed by atoms with van der Waals surface area (Å²) in [5.41, 5.74) is -0.0864. The highest BCUT2D eigenvalue weighted by molar-refractivity contribution is 5.75. The molecule has 0 radical (unpaired) electrons. The minimum atomic E-state index is -0.869. The van der Waals surface area contributed by atoms with E-state index in [4.69, 9.17) is 14.2 Å². The number of amides is 2. The van der Waals surface area contributed by atoms with E-state index < -0.39 is 17.1 Å². The monoisotopic (exact) mass is 369 g/mol. The number of nitro benzene ring substituents is 1. The number of methoxy groups -OCH3 is 1. The molecule has 26 heavy (non-hydrogen) atoms. The van der Waals surface area contributed by atoms with Crippen LogP contribution in [0.3, 0.4) is 0 Å². The number of nitrogens with zero attached hydrogens (tertiary/aromatic N) is 1. The smallest absolute Gasteiger partial charge is 0.407 e. The van der Waals surface area contributed by atoms with E-state index in [0.717, 1.165) is 0 Å². The van der Waals surface area contributed by atoms with Gasteiger partial charge in [0.25, 0.3) is 5.69 Å². The summed E-state index contributed by atoms with van der Waals surface area (Å²) in [5, 5.41) is 16.2. The van der Waals surface area contributed by atoms with E-state index in [1.165, 1.54) is 40.3 Å². The van der Waals surface area contributed by atoms with Crippen LogP contribution in [0.15, 0.2) is 12.1 Å². The van der Waals surface area contributed by atoms with Gasteiger partial charge >= 0.3 is 6.09 Å². The predicted octanol–water partition coefficient (Wildman–Crippen LogP) is 1.93. The maximum atomic E-state index is 11.4. The number of carbonyl (C=O) groups excluding carboxylic acids is 2. The molecular formula is C16H23N3O7. The number of benzene rings is 1. The van der Waals surface area contributed by atoms with Crippen LogP contribution < -0.4 is 20.1 Å². The highest BCUT2D eigenvalue weighted by atomic mass is 16.6. The van der Waals surface area contributed by atoms with Gasteiger partial charge in [-0.05, 0) is 19.4 Å². The molecule has 2 amide bonds. The lowest BCUT2D eigenvalue weighted by Gasteiger charge is -2.16. The molecule has 0 heterocycles. The first-order chi connectivity index (χ1) is 12.3. The average molecular weight is 369 g/mol. The fraction of sp³-hybridized carbons (Fsp3) is 0.500. The van der Waals surface area contributed by atoms with Crippen molar-refractivity contribution >= 4 is 17.7 Å². The lowest BCUT2D eigenvalue weighted by molar-refractivity contribution is -0.386. The Bertz CT molecular complexity index is 663. The summed E-state index contributed by atoms with van der Waals surface area (Å²) >= 11 is 0. The van der Waals surface area contributed by atoms with E-state index in [2.05, 4.69) is 10.6 Å². The van der Waals surface area contributed by atoms with Crippen molar-refractivity contribution in [1.29, 1.82) is 0 Å². The number of alkyl carbamates (subject to hydrolysis) is 1. The molecule has 0 aromatic heterocycles. The number of carbonyl (C=O) groups is 2. The molecule has 0 aliphatic heterocycles. The van der Waals surface area contributed by atoms with Gasteiger partial charge in [-0.3, -0.25) is 14.9 Å². The molecule has 1 unspecified atom stereocenters. The standard InChI is InChI=1S/C16H23N3O7/c1-10(26-16(21)18-3)11-8-13(24-4)14(9-12(11)19(22)23)25-7-5-6-15(20)17-2/h8-10H,5-7H2,1-4H3,(H,17,20)(H,18,21). The van der Waals surface area contributed by atoms with Crippen LogP contribution in [0.5, 0.6) is 11.5 Å². The summed E-state index contributed by atoms with van der Waals surface area (Å²) in [6, 6.07) is 2.62. The maximum Gasteiger partial charge on any atom is 0.407 e. The van der Waals surface area contributed by atoms with Crippen LogP contribution in [0.2, 0.25) is 0 Å². The SMILES string of the molecule is CNC(=O)CCCOc1cc([N+](=O)[O-])c(C(C)OC(=O)NC)cc1OC. The Morgan fingerprint density at radius 2 is 1.92 bits per heavy atom. The zero-order valence-electron chi connectivity index (χ0n) is 15.2. The van der Waals surface area contributed by atoms with Gasteiger partial charge in [0.15, 0.2) is 11.5 Å². The van der Waals surface area contributed by atoms with Crippen LogP contribution in [0.1, 0.15) is 31.4 Å². The van der Waals surface area contributed by atoms with Gasteiger partial charge < -0.3 is 24.8 Å². The lowest BCUT2D eigenvalue weighted by atomic mass is 10.1. The Labute approximate surface area is 150 Å². The Kier molecular flexibility index (Phi) is 8.13. The van der Waals surface area contributed by atoms with Gasteiger partial charge in [-0.1, -0.05) is 0 Å². The molecule has 1 aromatic carbocycles. The normalized spacial score (nSPS) is 11.2. The molecule has 0 bridgehead atoms. The first-order valence-electron chi connectivity index (χ1n) is 7.92. The Hall–Kier alpha value is -3.04.